The number of aromatic nitrogens is 1. The molecule has 1 saturated carbocycles. The van der Waals surface area contributed by atoms with E-state index in [0.29, 0.717) is 28.6 Å². The molecule has 0 spiro atoms. The largest absolute Gasteiger partial charge is 0.497 e. The van der Waals surface area contributed by atoms with E-state index < -0.39 is 5.54 Å². The lowest BCUT2D eigenvalue weighted by atomic mass is 9.93. The third-order valence-corrected chi connectivity index (χ3v) is 6.91. The molecule has 3 heterocycles. The Balaban J connectivity index is 1.63. The summed E-state index contributed by atoms with van der Waals surface area (Å²) in [5, 5.41) is 3.21. The number of carbonyl (C=O) groups is 2. The van der Waals surface area contributed by atoms with E-state index in [1.807, 2.05) is 23.6 Å². The summed E-state index contributed by atoms with van der Waals surface area (Å²) in [5.41, 5.74) is 0.595. The molecule has 0 saturated heterocycles. The molecule has 3 aromatic rings. The monoisotopic (exact) mass is 463 g/mol. The van der Waals surface area contributed by atoms with Gasteiger partial charge in [0.25, 0.3) is 5.91 Å². The van der Waals surface area contributed by atoms with Gasteiger partial charge < -0.3 is 23.8 Å². The Bertz CT molecular complexity index is 1190. The zero-order chi connectivity index (χ0) is 23.9. The minimum Gasteiger partial charge on any atom is -0.497 e. The second-order valence-electron chi connectivity index (χ2n) is 9.11. The predicted octanol–water partition coefficient (Wildman–Crippen LogP) is 4.24. The van der Waals surface area contributed by atoms with Crippen LogP contribution in [0.25, 0.3) is 11.5 Å². The lowest BCUT2D eigenvalue weighted by molar-refractivity contribution is -0.127. The number of benzene rings is 1. The number of hydrogen-bond donors (Lipinski definition) is 1. The molecular weight excluding hydrogens is 434 g/mol. The second kappa shape index (κ2) is 8.59. The first-order valence-corrected chi connectivity index (χ1v) is 11.6. The summed E-state index contributed by atoms with van der Waals surface area (Å²) >= 11 is 0. The quantitative estimate of drug-likeness (QED) is 0.591. The minimum absolute atomic E-state index is 0.122. The first-order chi connectivity index (χ1) is 16.4. The van der Waals surface area contributed by atoms with Crippen molar-refractivity contribution in [3.8, 4) is 23.0 Å². The number of ether oxygens (including phenoxy) is 2. The first kappa shape index (κ1) is 22.1. The summed E-state index contributed by atoms with van der Waals surface area (Å²) in [7, 11) is 3.12. The summed E-state index contributed by atoms with van der Waals surface area (Å²) < 4.78 is 18.4. The smallest absolute Gasteiger partial charge is 0.275 e. The van der Waals surface area contributed by atoms with E-state index in [2.05, 4.69) is 5.32 Å². The molecule has 8 heteroatoms. The van der Waals surface area contributed by atoms with Gasteiger partial charge in [-0.15, -0.1) is 0 Å². The maximum atomic E-state index is 14.0. The average molecular weight is 464 g/mol. The van der Waals surface area contributed by atoms with E-state index in [0.717, 1.165) is 31.4 Å². The molecule has 0 radical (unpaired) electrons. The predicted molar refractivity (Wildman–Crippen MR) is 127 cm³/mol. The van der Waals surface area contributed by atoms with Crippen molar-refractivity contribution in [3.05, 3.63) is 54.4 Å². The van der Waals surface area contributed by atoms with Crippen LogP contribution >= 0.6 is 0 Å². The fourth-order valence-corrected chi connectivity index (χ4v) is 5.09. The van der Waals surface area contributed by atoms with E-state index in [9.17, 15) is 9.59 Å². The normalized spacial score (nSPS) is 20.3. The SMILES string of the molecule is COc1cc(OC)cc(N2C(=O)c3ccc(-c4ccco4)n3C[C@]2(C)C(=O)NC2CCCC2)c1. The van der Waals surface area contributed by atoms with Crippen LogP contribution in [0.3, 0.4) is 0 Å². The molecular formula is C26H29N3O5. The highest BCUT2D eigenvalue weighted by Crippen LogP contribution is 2.39. The van der Waals surface area contributed by atoms with Gasteiger partial charge in [-0.3, -0.25) is 14.5 Å². The third kappa shape index (κ3) is 3.63. The van der Waals surface area contributed by atoms with Gasteiger partial charge in [-0.1, -0.05) is 12.8 Å². The Morgan fingerprint density at radius 2 is 1.74 bits per heavy atom. The van der Waals surface area contributed by atoms with Crippen LogP contribution in [-0.2, 0) is 11.3 Å². The Morgan fingerprint density at radius 3 is 2.35 bits per heavy atom. The van der Waals surface area contributed by atoms with Crippen molar-refractivity contribution in [2.24, 2.45) is 0 Å². The fourth-order valence-electron chi connectivity index (χ4n) is 5.09. The number of nitrogens with one attached hydrogen (secondary N) is 1. The molecule has 2 aliphatic rings. The molecule has 1 aliphatic heterocycles. The average Bonchev–Trinajstić information content (AvgIpc) is 3.60. The van der Waals surface area contributed by atoms with E-state index >= 15 is 0 Å². The van der Waals surface area contributed by atoms with Gasteiger partial charge in [-0.05, 0) is 44.0 Å². The molecule has 5 rings (SSSR count). The van der Waals surface area contributed by atoms with E-state index in [4.69, 9.17) is 13.9 Å². The molecule has 178 valence electrons. The molecule has 0 bridgehead atoms. The number of methoxy groups -OCH3 is 2. The van der Waals surface area contributed by atoms with Gasteiger partial charge in [0.1, 0.15) is 28.5 Å². The van der Waals surface area contributed by atoms with Crippen molar-refractivity contribution in [2.75, 3.05) is 19.1 Å². The summed E-state index contributed by atoms with van der Waals surface area (Å²) in [6, 6.07) is 12.7. The summed E-state index contributed by atoms with van der Waals surface area (Å²) in [6.45, 7) is 2.09. The number of nitrogens with zero attached hydrogens (tertiary/aromatic N) is 2. The van der Waals surface area contributed by atoms with E-state index in [1.54, 1.807) is 55.7 Å². The number of furan rings is 1. The van der Waals surface area contributed by atoms with Crippen LogP contribution in [0.15, 0.2) is 53.1 Å². The molecule has 0 unspecified atom stereocenters. The van der Waals surface area contributed by atoms with Crippen LogP contribution in [0.4, 0.5) is 5.69 Å². The van der Waals surface area contributed by atoms with Crippen molar-refractivity contribution in [2.45, 2.75) is 50.7 Å². The molecule has 1 fully saturated rings. The van der Waals surface area contributed by atoms with Crippen molar-refractivity contribution in [1.29, 1.82) is 0 Å². The molecule has 8 nitrogen and oxygen atoms in total. The Kier molecular flexibility index (Phi) is 5.59. The first-order valence-electron chi connectivity index (χ1n) is 11.6. The minimum atomic E-state index is -1.19. The molecule has 1 N–H and O–H groups in total. The maximum absolute atomic E-state index is 14.0. The topological polar surface area (TPSA) is 85.9 Å². The van der Waals surface area contributed by atoms with E-state index in [-0.39, 0.29) is 24.4 Å². The van der Waals surface area contributed by atoms with Crippen LogP contribution in [0, 0.1) is 0 Å². The van der Waals surface area contributed by atoms with Gasteiger partial charge in [0.05, 0.1) is 38.4 Å². The lowest BCUT2D eigenvalue weighted by Gasteiger charge is -2.44. The van der Waals surface area contributed by atoms with Gasteiger partial charge in [0.2, 0.25) is 5.91 Å². The molecule has 1 aliphatic carbocycles. The van der Waals surface area contributed by atoms with Crippen LogP contribution in [0.1, 0.15) is 43.1 Å². The maximum Gasteiger partial charge on any atom is 0.275 e. The number of carbonyl (C=O) groups excluding carboxylic acids is 2. The Hall–Kier alpha value is -3.68. The number of anilines is 1. The Morgan fingerprint density at radius 1 is 1.06 bits per heavy atom. The Labute approximate surface area is 198 Å². The molecule has 1 atom stereocenters. The van der Waals surface area contributed by atoms with Crippen LogP contribution < -0.4 is 19.7 Å². The molecule has 1 aromatic carbocycles. The summed E-state index contributed by atoms with van der Waals surface area (Å²) in [6.07, 6.45) is 5.70. The zero-order valence-corrected chi connectivity index (χ0v) is 19.7. The highest BCUT2D eigenvalue weighted by Gasteiger charge is 2.49. The van der Waals surface area contributed by atoms with Gasteiger partial charge in [0, 0.05) is 24.2 Å². The number of fused-ring (bicyclic) bond motifs is 1. The van der Waals surface area contributed by atoms with Gasteiger partial charge in [-0.25, -0.2) is 0 Å². The standard InChI is InChI=1S/C26H29N3O5/c1-26(25(31)27-17-7-4-5-8-17)16-28-21(23-9-6-12-34-23)10-11-22(28)24(30)29(26)18-13-19(32-2)15-20(14-18)33-3/h6,9-15,17H,4-5,7-8,16H2,1-3H3,(H,27,31)/t26-/m1/s1. The van der Waals surface area contributed by atoms with Crippen LogP contribution in [-0.4, -0.2) is 42.2 Å². The number of amides is 2. The molecule has 2 amide bonds. The van der Waals surface area contributed by atoms with Crippen molar-refractivity contribution in [1.82, 2.24) is 9.88 Å². The van der Waals surface area contributed by atoms with Gasteiger partial charge in [-0.2, -0.15) is 0 Å². The number of hydrogen-bond acceptors (Lipinski definition) is 5. The van der Waals surface area contributed by atoms with E-state index in [1.165, 1.54) is 0 Å². The van der Waals surface area contributed by atoms with Gasteiger partial charge >= 0.3 is 0 Å². The number of rotatable bonds is 6. The highest BCUT2D eigenvalue weighted by atomic mass is 16.5. The fraction of sp³-hybridized carbons (Fsp3) is 0.385. The second-order valence-corrected chi connectivity index (χ2v) is 9.11. The molecule has 2 aromatic heterocycles. The third-order valence-electron chi connectivity index (χ3n) is 6.91. The van der Waals surface area contributed by atoms with Crippen LogP contribution in [0.2, 0.25) is 0 Å². The van der Waals surface area contributed by atoms with Crippen molar-refractivity contribution < 1.29 is 23.5 Å². The molecule has 34 heavy (non-hydrogen) atoms. The zero-order valence-electron chi connectivity index (χ0n) is 19.7. The van der Waals surface area contributed by atoms with Crippen LogP contribution in [0.5, 0.6) is 11.5 Å². The highest BCUT2D eigenvalue weighted by molar-refractivity contribution is 6.12. The van der Waals surface area contributed by atoms with Gasteiger partial charge in [0.15, 0.2) is 0 Å². The lowest BCUT2D eigenvalue weighted by Crippen LogP contribution is -2.65. The summed E-state index contributed by atoms with van der Waals surface area (Å²) in [5.74, 6) is 1.27. The van der Waals surface area contributed by atoms with Crippen molar-refractivity contribution >= 4 is 17.5 Å². The van der Waals surface area contributed by atoms with Crippen molar-refractivity contribution in [3.63, 3.8) is 0 Å². The summed E-state index contributed by atoms with van der Waals surface area (Å²) in [4.78, 5) is 29.4.